The number of hydrogen-bond acceptors (Lipinski definition) is 6. The minimum absolute atomic E-state index is 0.0306. The molecule has 43 heavy (non-hydrogen) atoms. The van der Waals surface area contributed by atoms with Crippen LogP contribution in [0.15, 0.2) is 0 Å². The van der Waals surface area contributed by atoms with Gasteiger partial charge in [0.15, 0.2) is 0 Å². The summed E-state index contributed by atoms with van der Waals surface area (Å²) in [6.07, 6.45) is 18.9. The number of aliphatic hydroxyl groups is 1. The number of carbonyl (C=O) groups excluding carboxylic acids is 1. The molecule has 0 aromatic rings. The molecule has 8 heteroatoms. The van der Waals surface area contributed by atoms with Crippen LogP contribution < -0.4 is 5.32 Å². The van der Waals surface area contributed by atoms with E-state index in [1.165, 1.54) is 70.6 Å². The highest BCUT2D eigenvalue weighted by Gasteiger charge is 2.44. The van der Waals surface area contributed by atoms with Crippen LogP contribution >= 0.6 is 0 Å². The van der Waals surface area contributed by atoms with Gasteiger partial charge in [-0.15, -0.1) is 0 Å². The summed E-state index contributed by atoms with van der Waals surface area (Å²) >= 11 is 0. The zero-order valence-corrected chi connectivity index (χ0v) is 29.7. The molecule has 2 N–H and O–H groups in total. The van der Waals surface area contributed by atoms with Gasteiger partial charge in [-0.25, -0.2) is 0 Å². The first-order chi connectivity index (χ1) is 20.9. The lowest BCUT2D eigenvalue weighted by molar-refractivity contribution is -0.122. The van der Waals surface area contributed by atoms with Crippen LogP contribution in [0.5, 0.6) is 0 Å². The third-order valence-electron chi connectivity index (χ3n) is 7.46. The summed E-state index contributed by atoms with van der Waals surface area (Å²) in [5, 5.41) is 12.7. The zero-order chi connectivity index (χ0) is 32.7. The van der Waals surface area contributed by atoms with E-state index in [1.54, 1.807) is 7.11 Å². The van der Waals surface area contributed by atoms with E-state index in [0.717, 1.165) is 32.1 Å². The first-order valence-electron chi connectivity index (χ1n) is 18.0. The fourth-order valence-corrected chi connectivity index (χ4v) is 5.25. The van der Waals surface area contributed by atoms with Crippen LogP contribution in [-0.4, -0.2) is 82.3 Å². The van der Waals surface area contributed by atoms with Gasteiger partial charge in [0.05, 0.1) is 25.4 Å². The van der Waals surface area contributed by atoms with Crippen molar-refractivity contribution in [2.75, 3.05) is 26.9 Å². The van der Waals surface area contributed by atoms with Gasteiger partial charge in [0.2, 0.25) is 5.91 Å². The number of amides is 1. The van der Waals surface area contributed by atoms with Gasteiger partial charge in [-0.3, -0.25) is 4.79 Å². The minimum Gasteiger partial charge on any atom is -0.394 e. The van der Waals surface area contributed by atoms with E-state index < -0.39 is 6.00 Å². The zero-order valence-electron chi connectivity index (χ0n) is 29.7. The Labute approximate surface area is 268 Å². The summed E-state index contributed by atoms with van der Waals surface area (Å²) in [7, 11) is 7.78. The van der Waals surface area contributed by atoms with Crippen molar-refractivity contribution in [1.29, 1.82) is 0 Å². The summed E-state index contributed by atoms with van der Waals surface area (Å²) in [4.78, 5) is 12.3. The van der Waals surface area contributed by atoms with Gasteiger partial charge in [0, 0.05) is 26.1 Å². The summed E-state index contributed by atoms with van der Waals surface area (Å²) in [6, 6.07) is -0.761. The molecule has 1 rings (SSSR count). The molecule has 7 nitrogen and oxygen atoms in total. The van der Waals surface area contributed by atoms with E-state index >= 15 is 0 Å². The Hall–Kier alpha value is -0.665. The number of carbonyl (C=O) groups is 1. The highest BCUT2D eigenvalue weighted by atomic mass is 16.6. The van der Waals surface area contributed by atoms with E-state index in [0.29, 0.717) is 19.6 Å². The Bertz CT molecular complexity index is 583. The van der Waals surface area contributed by atoms with Crippen molar-refractivity contribution in [2.24, 2.45) is 0 Å². The van der Waals surface area contributed by atoms with Crippen molar-refractivity contribution in [3.8, 4) is 0 Å². The largest absolute Gasteiger partial charge is 0.394 e. The molecule has 0 spiro atoms. The molecule has 5 atom stereocenters. The van der Waals surface area contributed by atoms with E-state index in [-0.39, 0.29) is 43.0 Å². The number of rotatable bonds is 26. The third kappa shape index (κ3) is 24.3. The summed E-state index contributed by atoms with van der Waals surface area (Å²) in [6.45, 7) is 15.1. The molecule has 1 heterocycles. The van der Waals surface area contributed by atoms with Crippen LogP contribution in [0.4, 0.5) is 0 Å². The van der Waals surface area contributed by atoms with Gasteiger partial charge in [0.25, 0.3) is 0 Å². The second-order valence-corrected chi connectivity index (χ2v) is 11.5. The SMILES string of the molecule is CC.CC.[B]C1OC(COC)C(OC(C)C)C1OCCCCC(CO)NC(=O)CCCCCCCCCCCCCCC. The van der Waals surface area contributed by atoms with Crippen molar-refractivity contribution in [2.45, 2.75) is 194 Å². The van der Waals surface area contributed by atoms with Crippen LogP contribution in [0.25, 0.3) is 0 Å². The third-order valence-corrected chi connectivity index (χ3v) is 7.46. The van der Waals surface area contributed by atoms with E-state index in [9.17, 15) is 9.90 Å². The molecule has 1 aliphatic rings. The molecular weight excluding hydrogens is 541 g/mol. The molecule has 1 amide bonds. The summed E-state index contributed by atoms with van der Waals surface area (Å²) < 4.78 is 23.1. The number of unbranched alkanes of at least 4 members (excludes halogenated alkanes) is 13. The molecule has 0 bridgehead atoms. The summed E-state index contributed by atoms with van der Waals surface area (Å²) in [5.41, 5.74) is 0. The quantitative estimate of drug-likeness (QED) is 0.0762. The van der Waals surface area contributed by atoms with Crippen LogP contribution in [0.1, 0.15) is 158 Å². The van der Waals surface area contributed by atoms with Crippen LogP contribution in [0.3, 0.4) is 0 Å². The van der Waals surface area contributed by atoms with Gasteiger partial charge < -0.3 is 29.4 Å². The standard InChI is InChI=1S/C31H60BNO6.2C2H6/c1-5-6-7-8-9-10-11-12-13-14-15-16-17-21-28(35)33-26(23-34)20-18-19-22-37-30-29(38-25(2)3)27(24-36-4)39-31(30)32;2*1-2/h25-27,29-31,34H,5-24H2,1-4H3,(H,33,35);2*1-2H3. The van der Waals surface area contributed by atoms with Gasteiger partial charge in [-0.2, -0.15) is 0 Å². The maximum atomic E-state index is 12.3. The topological polar surface area (TPSA) is 86.2 Å². The van der Waals surface area contributed by atoms with Gasteiger partial charge in [-0.1, -0.05) is 112 Å². The fraction of sp³-hybridized carbons (Fsp3) is 0.971. The Balaban J connectivity index is 0. The first kappa shape index (κ1) is 44.5. The van der Waals surface area contributed by atoms with Gasteiger partial charge >= 0.3 is 0 Å². The molecule has 0 saturated carbocycles. The molecule has 0 aliphatic carbocycles. The fourth-order valence-electron chi connectivity index (χ4n) is 5.25. The molecule has 1 aliphatic heterocycles. The highest BCUT2D eigenvalue weighted by molar-refractivity contribution is 6.11. The predicted octanol–water partition coefficient (Wildman–Crippen LogP) is 7.89. The van der Waals surface area contributed by atoms with Crippen LogP contribution in [-0.2, 0) is 23.7 Å². The van der Waals surface area contributed by atoms with E-state index in [4.69, 9.17) is 26.8 Å². The maximum absolute atomic E-state index is 12.3. The Morgan fingerprint density at radius 2 is 1.37 bits per heavy atom. The second-order valence-electron chi connectivity index (χ2n) is 11.5. The number of ether oxygens (including phenoxy) is 4. The first-order valence-corrected chi connectivity index (χ1v) is 18.0. The van der Waals surface area contributed by atoms with E-state index in [2.05, 4.69) is 12.2 Å². The lowest BCUT2D eigenvalue weighted by Gasteiger charge is -2.26. The average Bonchev–Trinajstić information content (AvgIpc) is 3.29. The number of nitrogens with one attached hydrogen (secondary N) is 1. The van der Waals surface area contributed by atoms with Gasteiger partial charge in [-0.05, 0) is 39.5 Å². The lowest BCUT2D eigenvalue weighted by Crippen LogP contribution is -2.41. The van der Waals surface area contributed by atoms with Crippen molar-refractivity contribution < 1.29 is 28.8 Å². The van der Waals surface area contributed by atoms with Gasteiger partial charge in [0.1, 0.15) is 26.2 Å². The number of aliphatic hydroxyl groups excluding tert-OH is 1. The van der Waals surface area contributed by atoms with Crippen LogP contribution in [0, 0.1) is 0 Å². The van der Waals surface area contributed by atoms with Crippen molar-refractivity contribution in [3.63, 3.8) is 0 Å². The normalized spacial score (nSPS) is 20.2. The molecule has 5 unspecified atom stereocenters. The number of methoxy groups -OCH3 is 1. The Kier molecular flexibility index (Phi) is 33.8. The smallest absolute Gasteiger partial charge is 0.220 e. The van der Waals surface area contributed by atoms with Crippen molar-refractivity contribution in [3.05, 3.63) is 0 Å². The summed E-state index contributed by atoms with van der Waals surface area (Å²) in [5.74, 6) is 0.0420. The number of hydrogen-bond donors (Lipinski definition) is 2. The Morgan fingerprint density at radius 3 is 1.86 bits per heavy atom. The minimum atomic E-state index is -0.552. The van der Waals surface area contributed by atoms with Crippen molar-refractivity contribution >= 4 is 13.8 Å². The monoisotopic (exact) mass is 614 g/mol. The molecule has 1 saturated heterocycles. The molecular formula is C35H72BNO6. The molecule has 2 radical (unpaired) electrons. The van der Waals surface area contributed by atoms with Crippen molar-refractivity contribution in [1.82, 2.24) is 5.32 Å². The molecule has 1 fully saturated rings. The predicted molar refractivity (Wildman–Crippen MR) is 182 cm³/mol. The lowest BCUT2D eigenvalue weighted by atomic mass is 9.92. The van der Waals surface area contributed by atoms with Crippen LogP contribution in [0.2, 0.25) is 0 Å². The second kappa shape index (κ2) is 32.7. The van der Waals surface area contributed by atoms with E-state index in [1.807, 2.05) is 41.5 Å². The molecule has 256 valence electrons. The highest BCUT2D eigenvalue weighted by Crippen LogP contribution is 2.27. The average molecular weight is 614 g/mol. The maximum Gasteiger partial charge on any atom is 0.220 e. The molecule has 0 aromatic heterocycles. The Morgan fingerprint density at radius 1 is 0.837 bits per heavy atom. The molecule has 0 aromatic carbocycles.